The molecular formula is C30H40N5O3+. The lowest BCUT2D eigenvalue weighted by Gasteiger charge is -2.37. The molecule has 0 aliphatic carbocycles. The fourth-order valence-corrected chi connectivity index (χ4v) is 5.85. The predicted molar refractivity (Wildman–Crippen MR) is 149 cm³/mol. The fraction of sp³-hybridized carbons (Fsp3) is 0.467. The van der Waals surface area contributed by atoms with Gasteiger partial charge in [-0.3, -0.25) is 4.90 Å². The van der Waals surface area contributed by atoms with Crippen LogP contribution in [-0.4, -0.2) is 44.0 Å². The molecule has 0 amide bonds. The molecule has 3 aromatic rings. The van der Waals surface area contributed by atoms with E-state index >= 15 is 0 Å². The van der Waals surface area contributed by atoms with Crippen molar-refractivity contribution in [3.8, 4) is 17.1 Å². The van der Waals surface area contributed by atoms with Gasteiger partial charge in [-0.2, -0.15) is 4.98 Å². The summed E-state index contributed by atoms with van der Waals surface area (Å²) in [6.07, 6.45) is 8.36. The van der Waals surface area contributed by atoms with Gasteiger partial charge in [-0.1, -0.05) is 62.4 Å². The quantitative estimate of drug-likeness (QED) is 0.314. The molecule has 5 rings (SSSR count). The monoisotopic (exact) mass is 518 g/mol. The van der Waals surface area contributed by atoms with Gasteiger partial charge in [-0.15, -0.1) is 15.8 Å². The predicted octanol–water partition coefficient (Wildman–Crippen LogP) is 6.57. The van der Waals surface area contributed by atoms with Crippen LogP contribution in [0.1, 0.15) is 68.6 Å². The van der Waals surface area contributed by atoms with Crippen molar-refractivity contribution < 1.29 is 15.2 Å². The third-order valence-electron chi connectivity index (χ3n) is 7.95. The first-order valence-corrected chi connectivity index (χ1v) is 13.9. The van der Waals surface area contributed by atoms with Crippen LogP contribution in [0, 0.1) is 13.8 Å². The van der Waals surface area contributed by atoms with E-state index in [-0.39, 0.29) is 17.7 Å². The average molecular weight is 519 g/mol. The number of nitrogens with zero attached hydrogens (tertiary/aromatic N) is 4. The molecule has 0 saturated carbocycles. The summed E-state index contributed by atoms with van der Waals surface area (Å²) in [6.45, 7) is 7.61. The van der Waals surface area contributed by atoms with E-state index < -0.39 is 4.92 Å². The van der Waals surface area contributed by atoms with E-state index in [0.717, 1.165) is 41.5 Å². The number of benzene rings is 2. The van der Waals surface area contributed by atoms with Gasteiger partial charge in [0.2, 0.25) is 11.6 Å². The number of nitrogens with one attached hydrogen (secondary N) is 1. The minimum Gasteiger partial charge on any atom is -0.476 e. The van der Waals surface area contributed by atoms with Crippen LogP contribution in [0.5, 0.6) is 5.88 Å². The molecule has 1 aromatic heterocycles. The first-order valence-electron chi connectivity index (χ1n) is 13.9. The van der Waals surface area contributed by atoms with Gasteiger partial charge in [0, 0.05) is 42.4 Å². The van der Waals surface area contributed by atoms with Crippen LogP contribution >= 0.6 is 0 Å². The highest BCUT2D eigenvalue weighted by molar-refractivity contribution is 5.69. The van der Waals surface area contributed by atoms with Crippen molar-refractivity contribution in [1.82, 2.24) is 19.8 Å². The van der Waals surface area contributed by atoms with Gasteiger partial charge in [-0.05, 0) is 50.3 Å². The lowest BCUT2D eigenvalue weighted by atomic mass is 9.97. The highest BCUT2D eigenvalue weighted by Crippen LogP contribution is 2.31. The molecule has 0 spiro atoms. The second-order valence-corrected chi connectivity index (χ2v) is 10.9. The number of anilines is 1. The van der Waals surface area contributed by atoms with E-state index in [4.69, 9.17) is 4.74 Å². The van der Waals surface area contributed by atoms with Gasteiger partial charge < -0.3 is 4.74 Å². The minimum absolute atomic E-state index is 0.0750. The molecule has 1 fully saturated rings. The molecule has 2 atom stereocenters. The first kappa shape index (κ1) is 26.6. The Bertz CT molecular complexity index is 1240. The summed E-state index contributed by atoms with van der Waals surface area (Å²) in [7, 11) is 0. The van der Waals surface area contributed by atoms with E-state index in [9.17, 15) is 10.4 Å². The summed E-state index contributed by atoms with van der Waals surface area (Å²) >= 11 is 0. The lowest BCUT2D eigenvalue weighted by Crippen LogP contribution is -2.48. The Morgan fingerprint density at radius 1 is 0.921 bits per heavy atom. The van der Waals surface area contributed by atoms with Crippen LogP contribution in [0.4, 0.5) is 11.6 Å². The molecule has 38 heavy (non-hydrogen) atoms. The third kappa shape index (κ3) is 5.99. The normalized spacial score (nSPS) is 22.4. The molecule has 8 heteroatoms. The molecule has 3 heterocycles. The SMILES string of the molecule is Cc1cccc(C)c1-c1cc2nc(n1)N[N+](O)(O)c1cccc(c1)CN1C(C)CCCCCCCC1CO2. The topological polar surface area (TPSA) is 90.7 Å². The van der Waals surface area contributed by atoms with E-state index in [1.807, 2.05) is 56.3 Å². The van der Waals surface area contributed by atoms with Crippen molar-refractivity contribution in [2.75, 3.05) is 12.0 Å². The van der Waals surface area contributed by atoms with Gasteiger partial charge in [0.15, 0.2) is 0 Å². The fourth-order valence-electron chi connectivity index (χ4n) is 5.85. The van der Waals surface area contributed by atoms with Gasteiger partial charge >= 0.3 is 0 Å². The summed E-state index contributed by atoms with van der Waals surface area (Å²) in [5.41, 5.74) is 7.81. The van der Waals surface area contributed by atoms with Crippen LogP contribution < -0.4 is 15.1 Å². The van der Waals surface area contributed by atoms with Gasteiger partial charge in [0.25, 0.3) is 5.95 Å². The molecule has 1 saturated heterocycles. The maximum Gasteiger partial charge on any atom is 0.279 e. The maximum atomic E-state index is 11.1. The second-order valence-electron chi connectivity index (χ2n) is 10.9. The summed E-state index contributed by atoms with van der Waals surface area (Å²) in [5.74, 6) is 0.488. The maximum absolute atomic E-state index is 11.1. The standard InChI is InChI=1S/C30H40N5O3/c1-21-11-9-12-22(2)29(21)27-18-28-32-30(31-27)33-35(36,37)26-16-10-14-24(17-26)19-34-23(3)13-7-5-4-6-8-15-25(34)20-38-28/h9-12,14,16-18,23,25,36-37H,4-8,13,15,19-20H2,1-3H3,(H,31,32,33)/q+1. The molecule has 0 radical (unpaired) electrons. The molecule has 3 N–H and O–H groups in total. The Morgan fingerprint density at radius 2 is 1.63 bits per heavy atom. The number of hydrogen-bond donors (Lipinski definition) is 3. The Hall–Kier alpha value is -3.04. The van der Waals surface area contributed by atoms with Crippen molar-refractivity contribution in [1.29, 1.82) is 0 Å². The van der Waals surface area contributed by atoms with Gasteiger partial charge in [0.1, 0.15) is 6.61 Å². The van der Waals surface area contributed by atoms with Crippen molar-refractivity contribution in [3.05, 3.63) is 65.2 Å². The zero-order chi connectivity index (χ0) is 26.7. The zero-order valence-corrected chi connectivity index (χ0v) is 22.7. The number of fused-ring (bicyclic) bond motifs is 5. The number of rotatable bonds is 1. The van der Waals surface area contributed by atoms with Crippen LogP contribution in [0.15, 0.2) is 48.5 Å². The first-order chi connectivity index (χ1) is 18.3. The van der Waals surface area contributed by atoms with E-state index in [2.05, 4.69) is 27.2 Å². The van der Waals surface area contributed by atoms with Crippen LogP contribution in [0.3, 0.4) is 0 Å². The van der Waals surface area contributed by atoms with Crippen LogP contribution in [0.25, 0.3) is 11.3 Å². The lowest BCUT2D eigenvalue weighted by molar-refractivity contribution is -0.273. The number of hydrogen-bond acceptors (Lipinski definition) is 7. The van der Waals surface area contributed by atoms with E-state index in [1.165, 1.54) is 25.7 Å². The van der Waals surface area contributed by atoms with Crippen molar-refractivity contribution in [3.63, 3.8) is 0 Å². The van der Waals surface area contributed by atoms with Crippen molar-refractivity contribution in [2.45, 2.75) is 84.3 Å². The minimum atomic E-state index is -1.57. The highest BCUT2D eigenvalue weighted by Gasteiger charge is 2.32. The molecule has 8 nitrogen and oxygen atoms in total. The number of ether oxygens (including phenoxy) is 1. The molecule has 2 aliphatic heterocycles. The number of aromatic nitrogens is 2. The Kier molecular flexibility index (Phi) is 7.95. The molecule has 2 aromatic carbocycles. The van der Waals surface area contributed by atoms with Crippen LogP contribution in [-0.2, 0) is 6.54 Å². The molecular weight excluding hydrogens is 478 g/mol. The van der Waals surface area contributed by atoms with E-state index in [1.54, 1.807) is 6.07 Å². The Morgan fingerprint density at radius 3 is 2.42 bits per heavy atom. The molecule has 4 bridgehead atoms. The van der Waals surface area contributed by atoms with Crippen molar-refractivity contribution >= 4 is 11.6 Å². The summed E-state index contributed by atoms with van der Waals surface area (Å²) in [5, 5.41) is 22.1. The van der Waals surface area contributed by atoms with Crippen molar-refractivity contribution in [2.24, 2.45) is 0 Å². The Labute approximate surface area is 225 Å². The Balaban J connectivity index is 1.61. The van der Waals surface area contributed by atoms with Gasteiger partial charge in [-0.25, -0.2) is 4.98 Å². The zero-order valence-electron chi connectivity index (χ0n) is 22.7. The summed E-state index contributed by atoms with van der Waals surface area (Å²) < 4.78 is 6.41. The number of quaternary nitrogens is 1. The summed E-state index contributed by atoms with van der Waals surface area (Å²) in [4.78, 5) is 10.2. The van der Waals surface area contributed by atoms with Crippen LogP contribution in [0.2, 0.25) is 0 Å². The van der Waals surface area contributed by atoms with E-state index in [0.29, 0.717) is 30.8 Å². The second kappa shape index (κ2) is 11.4. The molecule has 2 aliphatic rings. The molecule has 202 valence electrons. The average Bonchev–Trinajstić information content (AvgIpc) is 2.88. The smallest absolute Gasteiger partial charge is 0.279 e. The largest absolute Gasteiger partial charge is 0.476 e. The third-order valence-corrected chi connectivity index (χ3v) is 7.95. The summed E-state index contributed by atoms with van der Waals surface area (Å²) in [6, 6.07) is 16.0. The number of aryl methyl sites for hydroxylation is 2. The van der Waals surface area contributed by atoms with Gasteiger partial charge in [0.05, 0.1) is 10.6 Å². The highest BCUT2D eigenvalue weighted by atomic mass is 16.9. The molecule has 2 unspecified atom stereocenters.